The second-order valence-corrected chi connectivity index (χ2v) is 4.12. The molecule has 0 saturated heterocycles. The normalized spacial score (nSPS) is 9.59. The van der Waals surface area contributed by atoms with Crippen LogP contribution in [0.1, 0.15) is 6.92 Å². The largest absolute Gasteiger partial charge is 0.449 e. The fourth-order valence-electron chi connectivity index (χ4n) is 0.903. The van der Waals surface area contributed by atoms with Gasteiger partial charge in [-0.15, -0.1) is 0 Å². The molecule has 1 N–H and O–H groups in total. The summed E-state index contributed by atoms with van der Waals surface area (Å²) in [6.07, 6.45) is 0.663. The first-order chi connectivity index (χ1) is 8.04. The Bertz CT molecular complexity index is 430. The Morgan fingerprint density at radius 1 is 1.65 bits per heavy atom. The number of anilines is 1. The summed E-state index contributed by atoms with van der Waals surface area (Å²) < 4.78 is 5.89. The highest BCUT2D eigenvalue weighted by Gasteiger charge is 2.19. The summed E-state index contributed by atoms with van der Waals surface area (Å²) >= 11 is 6.94. The summed E-state index contributed by atoms with van der Waals surface area (Å²) in [5.74, 6) is 0.299. The van der Waals surface area contributed by atoms with E-state index in [2.05, 4.69) is 43.8 Å². The van der Waals surface area contributed by atoms with E-state index in [1.54, 1.807) is 19.1 Å². The lowest BCUT2D eigenvalue weighted by molar-refractivity contribution is 0.138. The highest BCUT2D eigenvalue weighted by Crippen LogP contribution is 2.13. The summed E-state index contributed by atoms with van der Waals surface area (Å²) in [6.45, 7) is 1.80. The number of hydrogen-bond donors (Lipinski definition) is 2. The zero-order valence-corrected chi connectivity index (χ0v) is 11.4. The van der Waals surface area contributed by atoms with Crippen LogP contribution in [0.5, 0.6) is 0 Å². The van der Waals surface area contributed by atoms with Gasteiger partial charge in [0, 0.05) is 10.7 Å². The molecule has 0 atom stereocenters. The first kappa shape index (κ1) is 13.8. The lowest BCUT2D eigenvalue weighted by atomic mass is 10.5. The van der Waals surface area contributed by atoms with Crippen molar-refractivity contribution in [1.29, 1.82) is 0 Å². The van der Waals surface area contributed by atoms with Crippen molar-refractivity contribution in [3.63, 3.8) is 0 Å². The molecule has 0 unspecified atom stereocenters. The summed E-state index contributed by atoms with van der Waals surface area (Å²) in [7, 11) is 0. The highest BCUT2D eigenvalue weighted by atomic mass is 79.9. The van der Waals surface area contributed by atoms with Crippen LogP contribution in [0.3, 0.4) is 0 Å². The maximum absolute atomic E-state index is 11.5. The molecule has 17 heavy (non-hydrogen) atoms. The minimum atomic E-state index is -0.844. The van der Waals surface area contributed by atoms with Crippen LogP contribution < -0.4 is 5.32 Å². The lowest BCUT2D eigenvalue weighted by Gasteiger charge is -2.13. The number of amides is 3. The van der Waals surface area contributed by atoms with E-state index < -0.39 is 12.1 Å². The molecule has 8 heteroatoms. The molecule has 0 aliphatic rings. The van der Waals surface area contributed by atoms with Crippen LogP contribution in [0.25, 0.3) is 0 Å². The third-order valence-corrected chi connectivity index (χ3v) is 2.43. The molecule has 1 aromatic heterocycles. The molecule has 1 heterocycles. The van der Waals surface area contributed by atoms with Gasteiger partial charge in [-0.1, -0.05) is 28.7 Å². The van der Waals surface area contributed by atoms with Crippen molar-refractivity contribution in [1.82, 2.24) is 9.29 Å². The molecule has 0 aliphatic heterocycles. The van der Waals surface area contributed by atoms with Crippen LogP contribution in [0.15, 0.2) is 22.8 Å². The van der Waals surface area contributed by atoms with E-state index in [1.807, 2.05) is 0 Å². The third-order valence-electron chi connectivity index (χ3n) is 1.59. The zero-order chi connectivity index (χ0) is 12.8. The van der Waals surface area contributed by atoms with Gasteiger partial charge >= 0.3 is 12.1 Å². The molecule has 6 nitrogen and oxygen atoms in total. The van der Waals surface area contributed by atoms with Gasteiger partial charge in [0.1, 0.15) is 5.82 Å². The van der Waals surface area contributed by atoms with E-state index in [0.717, 1.165) is 4.47 Å². The van der Waals surface area contributed by atoms with Crippen LogP contribution in [0.2, 0.25) is 0 Å². The number of carbonyl (C=O) groups excluding carboxylic acids is 2. The number of rotatable bonds is 2. The maximum atomic E-state index is 11.5. The van der Waals surface area contributed by atoms with Gasteiger partial charge in [-0.3, -0.25) is 5.32 Å². The van der Waals surface area contributed by atoms with E-state index in [1.165, 1.54) is 6.20 Å². The average Bonchev–Trinajstić information content (AvgIpc) is 2.28. The second-order valence-electron chi connectivity index (χ2n) is 2.80. The van der Waals surface area contributed by atoms with Crippen LogP contribution in [0, 0.1) is 0 Å². The van der Waals surface area contributed by atoms with Gasteiger partial charge in [0.25, 0.3) is 0 Å². The number of imide groups is 1. The molecule has 0 spiro atoms. The number of thiol groups is 1. The number of nitrogens with one attached hydrogen (secondary N) is 1. The van der Waals surface area contributed by atoms with Crippen LogP contribution in [-0.2, 0) is 4.74 Å². The summed E-state index contributed by atoms with van der Waals surface area (Å²) in [6, 6.07) is 2.56. The summed E-state index contributed by atoms with van der Waals surface area (Å²) in [4.78, 5) is 26.6. The number of ether oxygens (including phenoxy) is 1. The van der Waals surface area contributed by atoms with Crippen LogP contribution in [-0.4, -0.2) is 28.0 Å². The molecule has 1 rings (SSSR count). The Morgan fingerprint density at radius 2 is 2.35 bits per heavy atom. The van der Waals surface area contributed by atoms with E-state index in [-0.39, 0.29) is 6.61 Å². The topological polar surface area (TPSA) is 71.5 Å². The van der Waals surface area contributed by atoms with Gasteiger partial charge in [-0.25, -0.2) is 14.6 Å². The molecular weight excluding hydrogens is 310 g/mol. The summed E-state index contributed by atoms with van der Waals surface area (Å²) in [5.41, 5.74) is 0. The molecule has 0 radical (unpaired) electrons. The molecule has 92 valence electrons. The number of pyridine rings is 1. The monoisotopic (exact) mass is 319 g/mol. The van der Waals surface area contributed by atoms with Crippen molar-refractivity contribution >= 4 is 46.7 Å². The number of nitrogens with zero attached hydrogens (tertiary/aromatic N) is 2. The maximum Gasteiger partial charge on any atom is 0.428 e. The predicted molar refractivity (Wildman–Crippen MR) is 68.8 cm³/mol. The van der Waals surface area contributed by atoms with Crippen LogP contribution >= 0.6 is 28.7 Å². The molecule has 1 aromatic rings. The fourth-order valence-corrected chi connectivity index (χ4v) is 1.35. The molecule has 0 aromatic carbocycles. The van der Waals surface area contributed by atoms with E-state index in [0.29, 0.717) is 10.1 Å². The third kappa shape index (κ3) is 4.23. The van der Waals surface area contributed by atoms with Crippen molar-refractivity contribution in [3.05, 3.63) is 22.8 Å². The molecular formula is C9H10BrN3O3S. The standard InChI is InChI=1S/C9H10BrN3O3S/c1-2-16-9(15)13(17)8(14)12-7-5-6(10)3-4-11-7/h3-5,17H,2H2,1H3,(H,11,12,14). The Morgan fingerprint density at radius 3 is 2.94 bits per heavy atom. The molecule has 0 bridgehead atoms. The quantitative estimate of drug-likeness (QED) is 0.822. The average molecular weight is 320 g/mol. The molecule has 0 aliphatic carbocycles. The smallest absolute Gasteiger partial charge is 0.428 e. The van der Waals surface area contributed by atoms with Gasteiger partial charge in [-0.2, -0.15) is 4.31 Å². The van der Waals surface area contributed by atoms with Crippen molar-refractivity contribution in [2.45, 2.75) is 6.92 Å². The SMILES string of the molecule is CCOC(=O)N(S)C(=O)Nc1cc(Br)ccn1. The molecule has 3 amide bonds. The van der Waals surface area contributed by atoms with E-state index >= 15 is 0 Å². The molecule has 0 saturated carbocycles. The minimum Gasteiger partial charge on any atom is -0.449 e. The van der Waals surface area contributed by atoms with Gasteiger partial charge in [-0.05, 0) is 19.1 Å². The van der Waals surface area contributed by atoms with Crippen molar-refractivity contribution in [3.8, 4) is 0 Å². The zero-order valence-electron chi connectivity index (χ0n) is 8.88. The van der Waals surface area contributed by atoms with Crippen molar-refractivity contribution in [2.24, 2.45) is 0 Å². The Hall–Kier alpha value is -1.28. The lowest BCUT2D eigenvalue weighted by Crippen LogP contribution is -2.33. The first-order valence-corrected chi connectivity index (χ1v) is 5.82. The number of urea groups is 1. The van der Waals surface area contributed by atoms with Gasteiger partial charge in [0.15, 0.2) is 0 Å². The van der Waals surface area contributed by atoms with Crippen molar-refractivity contribution in [2.75, 3.05) is 11.9 Å². The number of carbonyl (C=O) groups is 2. The van der Waals surface area contributed by atoms with E-state index in [9.17, 15) is 9.59 Å². The van der Waals surface area contributed by atoms with E-state index in [4.69, 9.17) is 0 Å². The Kier molecular flexibility index (Phi) is 5.23. The van der Waals surface area contributed by atoms with Gasteiger partial charge in [0.2, 0.25) is 0 Å². The summed E-state index contributed by atoms with van der Waals surface area (Å²) in [5, 5.41) is 2.39. The number of halogens is 1. The molecule has 0 fully saturated rings. The number of aromatic nitrogens is 1. The fraction of sp³-hybridized carbons (Fsp3) is 0.222. The van der Waals surface area contributed by atoms with Gasteiger partial charge in [0.05, 0.1) is 6.61 Å². The van der Waals surface area contributed by atoms with Crippen molar-refractivity contribution < 1.29 is 14.3 Å². The second kappa shape index (κ2) is 6.45. The first-order valence-electron chi connectivity index (χ1n) is 4.63. The Balaban J connectivity index is 2.63. The van der Waals surface area contributed by atoms with Crippen LogP contribution in [0.4, 0.5) is 15.4 Å². The van der Waals surface area contributed by atoms with Gasteiger partial charge < -0.3 is 4.74 Å². The predicted octanol–water partition coefficient (Wildman–Crippen LogP) is 2.68. The minimum absolute atomic E-state index is 0.165. The Labute approximate surface area is 112 Å². The highest BCUT2D eigenvalue weighted by molar-refractivity contribution is 9.10. The number of hydrogen-bond acceptors (Lipinski definition) is 5.